The SMILES string of the molecule is CC(CCc1ccco1)NC(=O)N1CCC(c2nccs2)CC1. The van der Waals surface area contributed by atoms with Crippen LogP contribution in [0.1, 0.15) is 42.9 Å². The third-order valence-electron chi connectivity index (χ3n) is 4.36. The maximum Gasteiger partial charge on any atom is 0.317 e. The maximum atomic E-state index is 12.3. The van der Waals surface area contributed by atoms with Gasteiger partial charge < -0.3 is 14.6 Å². The van der Waals surface area contributed by atoms with Crippen LogP contribution in [-0.4, -0.2) is 35.0 Å². The van der Waals surface area contributed by atoms with Crippen LogP contribution in [0.15, 0.2) is 34.4 Å². The number of thiazole rings is 1. The van der Waals surface area contributed by atoms with Gasteiger partial charge in [-0.3, -0.25) is 0 Å². The number of nitrogens with zero attached hydrogens (tertiary/aromatic N) is 2. The number of carbonyl (C=O) groups excluding carboxylic acids is 1. The number of urea groups is 1. The summed E-state index contributed by atoms with van der Waals surface area (Å²) in [4.78, 5) is 18.7. The second-order valence-corrected chi connectivity index (χ2v) is 7.03. The lowest BCUT2D eigenvalue weighted by molar-refractivity contribution is 0.177. The molecule has 0 radical (unpaired) electrons. The highest BCUT2D eigenvalue weighted by atomic mass is 32.1. The zero-order chi connectivity index (χ0) is 16.1. The average Bonchev–Trinajstić information content (AvgIpc) is 3.26. The van der Waals surface area contributed by atoms with Crippen molar-refractivity contribution in [3.8, 4) is 0 Å². The number of nitrogens with one attached hydrogen (secondary N) is 1. The van der Waals surface area contributed by atoms with Gasteiger partial charge in [-0.2, -0.15) is 0 Å². The first-order valence-electron chi connectivity index (χ1n) is 8.19. The molecule has 0 saturated carbocycles. The van der Waals surface area contributed by atoms with Crippen molar-refractivity contribution >= 4 is 17.4 Å². The molecule has 1 atom stereocenters. The Morgan fingerprint density at radius 1 is 1.52 bits per heavy atom. The van der Waals surface area contributed by atoms with Gasteiger partial charge in [0.05, 0.1) is 11.3 Å². The first kappa shape index (κ1) is 16.1. The number of piperidine rings is 1. The van der Waals surface area contributed by atoms with Crippen LogP contribution in [0.3, 0.4) is 0 Å². The lowest BCUT2D eigenvalue weighted by Gasteiger charge is -2.32. The van der Waals surface area contributed by atoms with Crippen LogP contribution in [0.5, 0.6) is 0 Å². The molecule has 2 aromatic rings. The molecule has 1 aliphatic heterocycles. The lowest BCUT2D eigenvalue weighted by Crippen LogP contribution is -2.47. The number of aromatic nitrogens is 1. The van der Waals surface area contributed by atoms with Crippen molar-refractivity contribution in [2.75, 3.05) is 13.1 Å². The highest BCUT2D eigenvalue weighted by molar-refractivity contribution is 7.09. The number of likely N-dealkylation sites (tertiary alicyclic amines) is 1. The van der Waals surface area contributed by atoms with Crippen molar-refractivity contribution < 1.29 is 9.21 Å². The van der Waals surface area contributed by atoms with Crippen molar-refractivity contribution in [3.05, 3.63) is 40.7 Å². The van der Waals surface area contributed by atoms with E-state index in [-0.39, 0.29) is 12.1 Å². The van der Waals surface area contributed by atoms with Crippen LogP contribution in [0, 0.1) is 0 Å². The van der Waals surface area contributed by atoms with E-state index in [1.165, 1.54) is 5.01 Å². The summed E-state index contributed by atoms with van der Waals surface area (Å²) in [5, 5.41) is 6.32. The molecule has 2 aromatic heterocycles. The Kier molecular flexibility index (Phi) is 5.33. The van der Waals surface area contributed by atoms with E-state index in [4.69, 9.17) is 4.42 Å². The molecule has 124 valence electrons. The zero-order valence-corrected chi connectivity index (χ0v) is 14.2. The number of amides is 2. The van der Waals surface area contributed by atoms with Crippen LogP contribution < -0.4 is 5.32 Å². The highest BCUT2D eigenvalue weighted by Crippen LogP contribution is 2.29. The van der Waals surface area contributed by atoms with Crippen LogP contribution in [-0.2, 0) is 6.42 Å². The Morgan fingerprint density at radius 2 is 2.35 bits per heavy atom. The zero-order valence-electron chi connectivity index (χ0n) is 13.4. The minimum absolute atomic E-state index is 0.0505. The Hall–Kier alpha value is -1.82. The fraction of sp³-hybridized carbons (Fsp3) is 0.529. The number of hydrogen-bond donors (Lipinski definition) is 1. The van der Waals surface area contributed by atoms with Gasteiger partial charge in [0, 0.05) is 43.0 Å². The third-order valence-corrected chi connectivity index (χ3v) is 5.29. The van der Waals surface area contributed by atoms with Crippen molar-refractivity contribution in [1.82, 2.24) is 15.2 Å². The minimum Gasteiger partial charge on any atom is -0.469 e. The molecule has 2 amide bonds. The minimum atomic E-state index is 0.0505. The van der Waals surface area contributed by atoms with Crippen LogP contribution >= 0.6 is 11.3 Å². The van der Waals surface area contributed by atoms with Gasteiger partial charge in [0.15, 0.2) is 0 Å². The normalized spacial score (nSPS) is 17.2. The van der Waals surface area contributed by atoms with E-state index >= 15 is 0 Å². The first-order chi connectivity index (χ1) is 11.2. The van der Waals surface area contributed by atoms with Gasteiger partial charge in [0.25, 0.3) is 0 Å². The van der Waals surface area contributed by atoms with Gasteiger partial charge in [0.2, 0.25) is 0 Å². The predicted octanol–water partition coefficient (Wildman–Crippen LogP) is 3.65. The van der Waals surface area contributed by atoms with Crippen molar-refractivity contribution in [1.29, 1.82) is 0 Å². The number of rotatable bonds is 5. The van der Waals surface area contributed by atoms with E-state index in [2.05, 4.69) is 10.3 Å². The molecule has 1 saturated heterocycles. The van der Waals surface area contributed by atoms with Crippen LogP contribution in [0.2, 0.25) is 0 Å². The summed E-state index contributed by atoms with van der Waals surface area (Å²) in [5.41, 5.74) is 0. The first-order valence-corrected chi connectivity index (χ1v) is 9.07. The summed E-state index contributed by atoms with van der Waals surface area (Å²) in [6.07, 6.45) is 7.28. The van der Waals surface area contributed by atoms with E-state index in [9.17, 15) is 4.79 Å². The molecule has 3 rings (SSSR count). The Labute approximate surface area is 140 Å². The average molecular weight is 333 g/mol. The van der Waals surface area contributed by atoms with Gasteiger partial charge >= 0.3 is 6.03 Å². The second kappa shape index (κ2) is 7.64. The maximum absolute atomic E-state index is 12.3. The number of hydrogen-bond acceptors (Lipinski definition) is 4. The summed E-state index contributed by atoms with van der Waals surface area (Å²) < 4.78 is 5.32. The molecule has 0 aromatic carbocycles. The molecule has 1 fully saturated rings. The van der Waals surface area contributed by atoms with E-state index in [0.717, 1.165) is 44.5 Å². The van der Waals surface area contributed by atoms with Crippen molar-refractivity contribution in [2.24, 2.45) is 0 Å². The van der Waals surface area contributed by atoms with Crippen LogP contribution in [0.4, 0.5) is 4.79 Å². The summed E-state index contributed by atoms with van der Waals surface area (Å²) in [7, 11) is 0. The van der Waals surface area contributed by atoms with Crippen LogP contribution in [0.25, 0.3) is 0 Å². The van der Waals surface area contributed by atoms with Gasteiger partial charge in [-0.15, -0.1) is 11.3 Å². The predicted molar refractivity (Wildman–Crippen MR) is 90.7 cm³/mol. The third kappa shape index (κ3) is 4.34. The molecular weight excluding hydrogens is 310 g/mol. The smallest absolute Gasteiger partial charge is 0.317 e. The number of aryl methyl sites for hydroxylation is 1. The molecule has 0 spiro atoms. The monoisotopic (exact) mass is 333 g/mol. The number of furan rings is 1. The van der Waals surface area contributed by atoms with Gasteiger partial charge in [-0.05, 0) is 38.3 Å². The van der Waals surface area contributed by atoms with E-state index in [1.54, 1.807) is 17.6 Å². The van der Waals surface area contributed by atoms with E-state index < -0.39 is 0 Å². The molecule has 1 unspecified atom stereocenters. The molecule has 0 aliphatic carbocycles. The Morgan fingerprint density at radius 3 is 3.00 bits per heavy atom. The Balaban J connectivity index is 1.40. The van der Waals surface area contributed by atoms with Gasteiger partial charge in [-0.25, -0.2) is 9.78 Å². The molecule has 5 nitrogen and oxygen atoms in total. The molecular formula is C17H23N3O2S. The quantitative estimate of drug-likeness (QED) is 0.908. The van der Waals surface area contributed by atoms with E-state index in [0.29, 0.717) is 5.92 Å². The molecule has 3 heterocycles. The van der Waals surface area contributed by atoms with Gasteiger partial charge in [0.1, 0.15) is 5.76 Å². The fourth-order valence-corrected chi connectivity index (χ4v) is 3.76. The van der Waals surface area contributed by atoms with Crippen molar-refractivity contribution in [2.45, 2.75) is 44.6 Å². The highest BCUT2D eigenvalue weighted by Gasteiger charge is 2.25. The Bertz CT molecular complexity index is 589. The van der Waals surface area contributed by atoms with Gasteiger partial charge in [-0.1, -0.05) is 0 Å². The van der Waals surface area contributed by atoms with Crippen molar-refractivity contribution in [3.63, 3.8) is 0 Å². The largest absolute Gasteiger partial charge is 0.469 e. The molecule has 1 aliphatic rings. The second-order valence-electron chi connectivity index (χ2n) is 6.10. The topological polar surface area (TPSA) is 58.4 Å². The number of carbonyl (C=O) groups is 1. The summed E-state index contributed by atoms with van der Waals surface area (Å²) >= 11 is 1.72. The molecule has 1 N–H and O–H groups in total. The summed E-state index contributed by atoms with van der Waals surface area (Å²) in [6.45, 7) is 3.66. The molecule has 6 heteroatoms. The summed E-state index contributed by atoms with van der Waals surface area (Å²) in [6, 6.07) is 4.06. The standard InChI is InChI=1S/C17H23N3O2S/c1-13(4-5-15-3-2-11-22-15)19-17(21)20-9-6-14(7-10-20)16-18-8-12-23-16/h2-3,8,11-14H,4-7,9-10H2,1H3,(H,19,21). The molecule has 0 bridgehead atoms. The fourth-order valence-electron chi connectivity index (χ4n) is 2.95. The molecule has 23 heavy (non-hydrogen) atoms. The summed E-state index contributed by atoms with van der Waals surface area (Å²) in [5.74, 6) is 1.48. The van der Waals surface area contributed by atoms with E-state index in [1.807, 2.05) is 35.5 Å². The lowest BCUT2D eigenvalue weighted by atomic mass is 9.98.